The summed E-state index contributed by atoms with van der Waals surface area (Å²) in [6, 6.07) is 10.2. The largest absolute Gasteiger partial charge is 0.481 e. The van der Waals surface area contributed by atoms with Crippen molar-refractivity contribution in [2.45, 2.75) is 13.1 Å². The zero-order chi connectivity index (χ0) is 17.3. The predicted octanol–water partition coefficient (Wildman–Crippen LogP) is 3.67. The lowest BCUT2D eigenvalue weighted by molar-refractivity contribution is -0.137. The van der Waals surface area contributed by atoms with E-state index in [2.05, 4.69) is 15.2 Å². The molecule has 0 saturated heterocycles. The Balaban J connectivity index is 2.23. The minimum absolute atomic E-state index is 0.0490. The first kappa shape index (κ1) is 16.0. The fourth-order valence-corrected chi connectivity index (χ4v) is 2.38. The Morgan fingerprint density at radius 3 is 2.46 bits per heavy atom. The second-order valence-electron chi connectivity index (χ2n) is 4.99. The van der Waals surface area contributed by atoms with Crippen LogP contribution < -0.4 is 4.74 Å². The van der Waals surface area contributed by atoms with Crippen molar-refractivity contribution in [3.05, 3.63) is 53.9 Å². The van der Waals surface area contributed by atoms with Crippen LogP contribution in [0.1, 0.15) is 11.4 Å². The number of ether oxygens (including phenoxy) is 1. The van der Waals surface area contributed by atoms with E-state index in [1.807, 2.05) is 0 Å². The first-order valence-electron chi connectivity index (χ1n) is 7.02. The zero-order valence-corrected chi connectivity index (χ0v) is 12.9. The number of pyridine rings is 1. The van der Waals surface area contributed by atoms with Gasteiger partial charge in [0.1, 0.15) is 11.5 Å². The number of nitrogens with zero attached hydrogens (tertiary/aromatic N) is 4. The van der Waals surface area contributed by atoms with E-state index in [1.165, 1.54) is 29.9 Å². The van der Waals surface area contributed by atoms with Gasteiger partial charge in [-0.1, -0.05) is 18.2 Å². The van der Waals surface area contributed by atoms with Crippen LogP contribution in [0.25, 0.3) is 17.2 Å². The molecule has 24 heavy (non-hydrogen) atoms. The Morgan fingerprint density at radius 2 is 1.75 bits per heavy atom. The number of halogens is 3. The van der Waals surface area contributed by atoms with E-state index in [9.17, 15) is 13.2 Å². The standard InChI is InChI=1S/C16H13F3N4O/c1-10-21-22-15(12-7-5-9-14(20-12)24-2)23(10)13-8-4-3-6-11(13)16(17,18)19/h3-9H,1-2H3. The monoisotopic (exact) mass is 334 g/mol. The summed E-state index contributed by atoms with van der Waals surface area (Å²) in [7, 11) is 1.46. The van der Waals surface area contributed by atoms with Crippen LogP contribution in [0, 0.1) is 6.92 Å². The number of hydrogen-bond acceptors (Lipinski definition) is 4. The average Bonchev–Trinajstić information content (AvgIpc) is 2.95. The van der Waals surface area contributed by atoms with E-state index in [0.717, 1.165) is 6.07 Å². The van der Waals surface area contributed by atoms with Crippen molar-refractivity contribution in [1.29, 1.82) is 0 Å². The Kier molecular flexibility index (Phi) is 3.96. The zero-order valence-electron chi connectivity index (χ0n) is 12.9. The Labute approximate surface area is 135 Å². The van der Waals surface area contributed by atoms with Gasteiger partial charge in [-0.25, -0.2) is 4.98 Å². The van der Waals surface area contributed by atoms with Crippen molar-refractivity contribution in [1.82, 2.24) is 19.7 Å². The fraction of sp³-hybridized carbons (Fsp3) is 0.188. The van der Waals surface area contributed by atoms with Gasteiger partial charge in [-0.05, 0) is 25.1 Å². The third-order valence-corrected chi connectivity index (χ3v) is 3.44. The molecule has 0 aliphatic rings. The van der Waals surface area contributed by atoms with E-state index in [4.69, 9.17) is 4.74 Å². The molecule has 0 amide bonds. The van der Waals surface area contributed by atoms with Crippen molar-refractivity contribution in [2.24, 2.45) is 0 Å². The van der Waals surface area contributed by atoms with Crippen LogP contribution in [0.4, 0.5) is 13.2 Å². The third kappa shape index (κ3) is 2.82. The lowest BCUT2D eigenvalue weighted by atomic mass is 10.1. The molecular formula is C16H13F3N4O. The lowest BCUT2D eigenvalue weighted by Crippen LogP contribution is -2.12. The Bertz CT molecular complexity index is 874. The van der Waals surface area contributed by atoms with Gasteiger partial charge in [0.2, 0.25) is 5.88 Å². The molecule has 0 aliphatic heterocycles. The number of aryl methyl sites for hydroxylation is 1. The van der Waals surface area contributed by atoms with Crippen molar-refractivity contribution in [2.75, 3.05) is 7.11 Å². The van der Waals surface area contributed by atoms with Gasteiger partial charge in [-0.2, -0.15) is 13.2 Å². The van der Waals surface area contributed by atoms with Crippen LogP contribution in [0.3, 0.4) is 0 Å². The van der Waals surface area contributed by atoms with Crippen molar-refractivity contribution >= 4 is 0 Å². The van der Waals surface area contributed by atoms with Crippen molar-refractivity contribution in [3.8, 4) is 23.1 Å². The molecule has 0 atom stereocenters. The molecule has 0 spiro atoms. The molecule has 0 unspecified atom stereocenters. The highest BCUT2D eigenvalue weighted by Crippen LogP contribution is 2.35. The molecule has 8 heteroatoms. The third-order valence-electron chi connectivity index (χ3n) is 3.44. The molecule has 2 heterocycles. The molecule has 0 N–H and O–H groups in total. The first-order chi connectivity index (χ1) is 11.4. The molecule has 0 bridgehead atoms. The SMILES string of the molecule is COc1cccc(-c2nnc(C)n2-c2ccccc2C(F)(F)F)n1. The molecule has 124 valence electrons. The number of para-hydroxylation sites is 1. The summed E-state index contributed by atoms with van der Waals surface area (Å²) in [5, 5.41) is 7.90. The van der Waals surface area contributed by atoms with Crippen molar-refractivity contribution in [3.63, 3.8) is 0 Å². The Hall–Kier alpha value is -2.90. The minimum atomic E-state index is -4.49. The van der Waals surface area contributed by atoms with Crippen LogP contribution in [0.5, 0.6) is 5.88 Å². The lowest BCUT2D eigenvalue weighted by Gasteiger charge is -2.15. The van der Waals surface area contributed by atoms with Gasteiger partial charge in [0.15, 0.2) is 5.82 Å². The van der Waals surface area contributed by atoms with Gasteiger partial charge >= 0.3 is 6.18 Å². The Morgan fingerprint density at radius 1 is 1.00 bits per heavy atom. The first-order valence-corrected chi connectivity index (χ1v) is 7.02. The minimum Gasteiger partial charge on any atom is -0.481 e. The highest BCUT2D eigenvalue weighted by atomic mass is 19.4. The van der Waals surface area contributed by atoms with E-state index in [-0.39, 0.29) is 11.5 Å². The summed E-state index contributed by atoms with van der Waals surface area (Å²) in [6.07, 6.45) is -4.49. The van der Waals surface area contributed by atoms with Crippen LogP contribution in [-0.4, -0.2) is 26.9 Å². The predicted molar refractivity (Wildman–Crippen MR) is 80.9 cm³/mol. The molecular weight excluding hydrogens is 321 g/mol. The molecule has 0 fully saturated rings. The summed E-state index contributed by atoms with van der Waals surface area (Å²) in [4.78, 5) is 4.23. The molecule has 0 saturated carbocycles. The van der Waals surface area contributed by atoms with Crippen molar-refractivity contribution < 1.29 is 17.9 Å². The number of alkyl halides is 3. The second-order valence-corrected chi connectivity index (χ2v) is 4.99. The van der Waals surface area contributed by atoms with Gasteiger partial charge in [-0.15, -0.1) is 10.2 Å². The topological polar surface area (TPSA) is 52.8 Å². The quantitative estimate of drug-likeness (QED) is 0.733. The maximum Gasteiger partial charge on any atom is 0.418 e. The number of aromatic nitrogens is 4. The summed E-state index contributed by atoms with van der Waals surface area (Å²) in [5.41, 5.74) is -0.448. The molecule has 5 nitrogen and oxygen atoms in total. The van der Waals surface area contributed by atoms with Gasteiger partial charge < -0.3 is 4.74 Å². The summed E-state index contributed by atoms with van der Waals surface area (Å²) < 4.78 is 46.4. The van der Waals surface area contributed by atoms with Crippen LogP contribution >= 0.6 is 0 Å². The highest BCUT2D eigenvalue weighted by Gasteiger charge is 2.34. The number of hydrogen-bond donors (Lipinski definition) is 0. The van der Waals surface area contributed by atoms with Gasteiger partial charge in [0, 0.05) is 6.07 Å². The van der Waals surface area contributed by atoms with E-state index in [1.54, 1.807) is 25.1 Å². The van der Waals surface area contributed by atoms with Crippen LogP contribution in [-0.2, 0) is 6.18 Å². The van der Waals surface area contributed by atoms with Gasteiger partial charge in [0.05, 0.1) is 18.4 Å². The smallest absolute Gasteiger partial charge is 0.418 e. The summed E-state index contributed by atoms with van der Waals surface area (Å²) >= 11 is 0. The number of benzene rings is 1. The molecule has 0 aliphatic carbocycles. The molecule has 2 aromatic heterocycles. The van der Waals surface area contributed by atoms with E-state index in [0.29, 0.717) is 17.4 Å². The van der Waals surface area contributed by atoms with E-state index >= 15 is 0 Å². The van der Waals surface area contributed by atoms with Crippen LogP contribution in [0.2, 0.25) is 0 Å². The van der Waals surface area contributed by atoms with Crippen LogP contribution in [0.15, 0.2) is 42.5 Å². The number of rotatable bonds is 3. The van der Waals surface area contributed by atoms with E-state index < -0.39 is 11.7 Å². The summed E-state index contributed by atoms with van der Waals surface area (Å²) in [6.45, 7) is 1.59. The van der Waals surface area contributed by atoms with Gasteiger partial charge in [0.25, 0.3) is 0 Å². The second kappa shape index (κ2) is 5.95. The summed E-state index contributed by atoms with van der Waals surface area (Å²) in [5.74, 6) is 0.873. The van der Waals surface area contributed by atoms with Gasteiger partial charge in [-0.3, -0.25) is 4.57 Å². The highest BCUT2D eigenvalue weighted by molar-refractivity contribution is 5.57. The molecule has 1 aromatic carbocycles. The normalized spacial score (nSPS) is 11.5. The maximum atomic E-state index is 13.3. The molecule has 3 aromatic rings. The molecule has 3 rings (SSSR count). The molecule has 0 radical (unpaired) electrons. The number of methoxy groups -OCH3 is 1. The fourth-order valence-electron chi connectivity index (χ4n) is 2.38. The maximum absolute atomic E-state index is 13.3. The average molecular weight is 334 g/mol.